The minimum Gasteiger partial charge on any atom is -0.481 e. The summed E-state index contributed by atoms with van der Waals surface area (Å²) in [6.07, 6.45) is 1.52. The molecule has 190 valence electrons. The summed E-state index contributed by atoms with van der Waals surface area (Å²) in [4.78, 5) is 30.1. The Balaban J connectivity index is 1.55. The monoisotopic (exact) mass is 664 g/mol. The molecule has 0 aliphatic rings. The predicted octanol–water partition coefficient (Wildman–Crippen LogP) is 7.25. The molecule has 0 saturated heterocycles. The van der Waals surface area contributed by atoms with Crippen molar-refractivity contribution in [3.8, 4) is 5.75 Å². The van der Waals surface area contributed by atoms with Gasteiger partial charge >= 0.3 is 0 Å². The molecule has 1 heterocycles. The van der Waals surface area contributed by atoms with E-state index in [2.05, 4.69) is 47.3 Å². The molecule has 37 heavy (non-hydrogen) atoms. The molecule has 4 aromatic rings. The lowest BCUT2D eigenvalue weighted by Crippen LogP contribution is -2.23. The molecule has 4 rings (SSSR count). The number of nitrogens with one attached hydrogen (secondary N) is 1. The summed E-state index contributed by atoms with van der Waals surface area (Å²) in [5, 5.41) is 8.44. The smallest absolute Gasteiger partial charge is 0.282 e. The second-order valence-electron chi connectivity index (χ2n) is 8.31. The molecular weight excluding hydrogens is 647 g/mol. The number of halogens is 4. The first-order valence-corrected chi connectivity index (χ1v) is 13.4. The molecule has 0 unspecified atom stereocenters. The molecule has 0 bridgehead atoms. The van der Waals surface area contributed by atoms with Crippen molar-refractivity contribution in [1.82, 2.24) is 9.66 Å². The summed E-state index contributed by atoms with van der Waals surface area (Å²) in [6, 6.07) is 15.5. The third kappa shape index (κ3) is 6.59. The minimum absolute atomic E-state index is 0.0389. The highest BCUT2D eigenvalue weighted by molar-refractivity contribution is 9.10. The number of ether oxygens (including phenoxy) is 1. The lowest BCUT2D eigenvalue weighted by atomic mass is 10.2. The summed E-state index contributed by atoms with van der Waals surface area (Å²) < 4.78 is 8.24. The zero-order valence-electron chi connectivity index (χ0n) is 19.6. The molecule has 0 saturated carbocycles. The number of hydrogen-bond acceptors (Lipinski definition) is 5. The Morgan fingerprint density at radius 1 is 1.14 bits per heavy atom. The van der Waals surface area contributed by atoms with Crippen molar-refractivity contribution in [3.63, 3.8) is 0 Å². The highest BCUT2D eigenvalue weighted by Gasteiger charge is 2.15. The topological polar surface area (TPSA) is 85.6 Å². The second-order valence-corrected chi connectivity index (χ2v) is 10.9. The summed E-state index contributed by atoms with van der Waals surface area (Å²) in [5.74, 6) is 0.449. The molecule has 0 aliphatic carbocycles. The van der Waals surface area contributed by atoms with Crippen LogP contribution in [0, 0.1) is 0 Å². The maximum Gasteiger partial charge on any atom is 0.282 e. The molecule has 3 aromatic carbocycles. The lowest BCUT2D eigenvalue weighted by Gasteiger charge is -2.13. The molecule has 0 spiro atoms. The molecule has 1 aromatic heterocycles. The Kier molecular flexibility index (Phi) is 8.69. The standard InChI is InChI=1S/C26H20Br2Cl2N4O3/c1-14(2)25-33-22-8-3-16(27)11-19(22)26(36)34(25)31-12-15-9-20(28)24(21(30)10-15)37-13-23(35)32-18-6-4-17(29)5-7-18/h3-12,14H,13H2,1-2H3,(H,32,35). The van der Waals surface area contributed by atoms with E-state index in [1.807, 2.05) is 19.9 Å². The van der Waals surface area contributed by atoms with Crippen molar-refractivity contribution in [2.24, 2.45) is 5.10 Å². The van der Waals surface area contributed by atoms with Crippen LogP contribution in [0.15, 0.2) is 73.4 Å². The maximum atomic E-state index is 13.2. The minimum atomic E-state index is -0.355. The fourth-order valence-corrected chi connectivity index (χ4v) is 4.91. The van der Waals surface area contributed by atoms with Crippen LogP contribution in [0.25, 0.3) is 10.9 Å². The Labute approximate surface area is 239 Å². The van der Waals surface area contributed by atoms with E-state index in [1.54, 1.807) is 48.5 Å². The lowest BCUT2D eigenvalue weighted by molar-refractivity contribution is -0.118. The number of aromatic nitrogens is 2. The van der Waals surface area contributed by atoms with Gasteiger partial charge in [0.25, 0.3) is 11.5 Å². The summed E-state index contributed by atoms with van der Waals surface area (Å²) in [5.41, 5.74) is 1.55. The second kappa shape index (κ2) is 11.8. The molecule has 1 amide bonds. The van der Waals surface area contributed by atoms with E-state index in [4.69, 9.17) is 27.9 Å². The van der Waals surface area contributed by atoms with Crippen LogP contribution in [0.3, 0.4) is 0 Å². The van der Waals surface area contributed by atoms with Crippen molar-refractivity contribution in [3.05, 3.63) is 95.3 Å². The number of carbonyl (C=O) groups is 1. The van der Waals surface area contributed by atoms with Crippen molar-refractivity contribution in [2.75, 3.05) is 11.9 Å². The zero-order valence-corrected chi connectivity index (χ0v) is 24.3. The van der Waals surface area contributed by atoms with Gasteiger partial charge < -0.3 is 10.1 Å². The SMILES string of the molecule is CC(C)c1nc2ccc(Br)cc2c(=O)n1N=Cc1cc(Cl)c(OCC(=O)Nc2ccc(Cl)cc2)c(Br)c1. The van der Waals surface area contributed by atoms with Crippen LogP contribution in [0.1, 0.15) is 31.2 Å². The molecular formula is C26H20Br2Cl2N4O3. The van der Waals surface area contributed by atoms with E-state index in [0.717, 1.165) is 4.47 Å². The first kappa shape index (κ1) is 27.3. The summed E-state index contributed by atoms with van der Waals surface area (Å²) in [7, 11) is 0. The van der Waals surface area contributed by atoms with Gasteiger partial charge in [-0.1, -0.05) is 53.0 Å². The van der Waals surface area contributed by atoms with Gasteiger partial charge in [0.15, 0.2) is 12.4 Å². The fraction of sp³-hybridized carbons (Fsp3) is 0.154. The van der Waals surface area contributed by atoms with Crippen LogP contribution in [-0.4, -0.2) is 28.4 Å². The van der Waals surface area contributed by atoms with Gasteiger partial charge in [-0.2, -0.15) is 9.78 Å². The van der Waals surface area contributed by atoms with E-state index in [9.17, 15) is 9.59 Å². The van der Waals surface area contributed by atoms with Crippen LogP contribution in [0.4, 0.5) is 5.69 Å². The third-order valence-electron chi connectivity index (χ3n) is 5.17. The number of amides is 1. The number of carbonyl (C=O) groups excluding carboxylic acids is 1. The highest BCUT2D eigenvalue weighted by Crippen LogP contribution is 2.34. The van der Waals surface area contributed by atoms with E-state index in [1.165, 1.54) is 10.9 Å². The van der Waals surface area contributed by atoms with Crippen LogP contribution in [-0.2, 0) is 4.79 Å². The van der Waals surface area contributed by atoms with Crippen molar-refractivity contribution in [1.29, 1.82) is 0 Å². The number of nitrogens with zero attached hydrogens (tertiary/aromatic N) is 3. The number of rotatable bonds is 7. The number of hydrogen-bond donors (Lipinski definition) is 1. The van der Waals surface area contributed by atoms with Gasteiger partial charge in [-0.15, -0.1) is 0 Å². The van der Waals surface area contributed by atoms with Gasteiger partial charge in [-0.05, 0) is 76.1 Å². The van der Waals surface area contributed by atoms with Crippen molar-refractivity contribution in [2.45, 2.75) is 19.8 Å². The van der Waals surface area contributed by atoms with Gasteiger partial charge in [-0.3, -0.25) is 9.59 Å². The van der Waals surface area contributed by atoms with Crippen molar-refractivity contribution >= 4 is 83.8 Å². The average molecular weight is 667 g/mol. The first-order valence-electron chi connectivity index (χ1n) is 11.1. The zero-order chi connectivity index (χ0) is 26.7. The predicted molar refractivity (Wildman–Crippen MR) is 156 cm³/mol. The van der Waals surface area contributed by atoms with Crippen LogP contribution in [0.5, 0.6) is 5.75 Å². The van der Waals surface area contributed by atoms with Crippen LogP contribution < -0.4 is 15.6 Å². The Morgan fingerprint density at radius 3 is 2.54 bits per heavy atom. The number of benzene rings is 3. The molecule has 0 aliphatic heterocycles. The molecule has 7 nitrogen and oxygen atoms in total. The van der Waals surface area contributed by atoms with Gasteiger partial charge in [0, 0.05) is 21.1 Å². The fourth-order valence-electron chi connectivity index (χ4n) is 3.44. The quantitative estimate of drug-likeness (QED) is 0.211. The Morgan fingerprint density at radius 2 is 1.86 bits per heavy atom. The van der Waals surface area contributed by atoms with Gasteiger partial charge in [0.2, 0.25) is 0 Å². The molecule has 1 N–H and O–H groups in total. The van der Waals surface area contributed by atoms with Crippen LogP contribution >= 0.6 is 55.1 Å². The van der Waals surface area contributed by atoms with E-state index >= 15 is 0 Å². The van der Waals surface area contributed by atoms with E-state index in [-0.39, 0.29) is 29.0 Å². The van der Waals surface area contributed by atoms with E-state index in [0.29, 0.717) is 43.2 Å². The van der Waals surface area contributed by atoms with Gasteiger partial charge in [0.05, 0.1) is 26.6 Å². The Hall–Kier alpha value is -2.72. The highest BCUT2D eigenvalue weighted by atomic mass is 79.9. The number of anilines is 1. The van der Waals surface area contributed by atoms with E-state index < -0.39 is 0 Å². The summed E-state index contributed by atoms with van der Waals surface area (Å²) >= 11 is 19.1. The molecule has 0 fully saturated rings. The average Bonchev–Trinajstić information content (AvgIpc) is 2.84. The van der Waals surface area contributed by atoms with Crippen molar-refractivity contribution < 1.29 is 9.53 Å². The molecule has 0 radical (unpaired) electrons. The maximum absolute atomic E-state index is 13.2. The summed E-state index contributed by atoms with van der Waals surface area (Å²) in [6.45, 7) is 3.64. The van der Waals surface area contributed by atoms with Gasteiger partial charge in [-0.25, -0.2) is 4.98 Å². The third-order valence-corrected chi connectivity index (χ3v) is 6.78. The largest absolute Gasteiger partial charge is 0.481 e. The normalized spacial score (nSPS) is 11.4. The first-order chi connectivity index (χ1) is 17.6. The number of fused-ring (bicyclic) bond motifs is 1. The Bertz CT molecular complexity index is 1550. The molecule has 11 heteroatoms. The van der Waals surface area contributed by atoms with Gasteiger partial charge in [0.1, 0.15) is 5.82 Å². The molecule has 0 atom stereocenters. The van der Waals surface area contributed by atoms with Crippen LogP contribution in [0.2, 0.25) is 10.0 Å².